The summed E-state index contributed by atoms with van der Waals surface area (Å²) < 4.78 is 34.4. The molecule has 0 aromatic heterocycles. The summed E-state index contributed by atoms with van der Waals surface area (Å²) >= 11 is 0. The molecule has 0 fully saturated rings. The highest BCUT2D eigenvalue weighted by atomic mass is 31.2. The van der Waals surface area contributed by atoms with Gasteiger partial charge in [0.1, 0.15) is 19.8 Å². The third-order valence-electron chi connectivity index (χ3n) is 18.6. The number of allylic oxidation sites excluding steroid dienone is 16. The first-order valence-corrected chi connectivity index (χ1v) is 43.4. The molecule has 0 aliphatic heterocycles. The predicted molar refractivity (Wildman–Crippen MR) is 425 cm³/mol. The summed E-state index contributed by atoms with van der Waals surface area (Å²) in [7, 11) is 1.16. The molecular weight excluding hydrogens is 1230 g/mol. The van der Waals surface area contributed by atoms with Crippen molar-refractivity contribution in [3.63, 3.8) is 0 Å². The molecule has 0 heterocycles. The van der Waals surface area contributed by atoms with E-state index >= 15 is 0 Å². The Bertz CT molecular complexity index is 1980. The van der Waals surface area contributed by atoms with Gasteiger partial charge in [-0.3, -0.25) is 14.2 Å². The minimum Gasteiger partial charge on any atom is -0.756 e. The molecule has 570 valence electrons. The molecular formula is C88H160NO8P. The van der Waals surface area contributed by atoms with Crippen LogP contribution in [-0.4, -0.2) is 70.0 Å². The van der Waals surface area contributed by atoms with Crippen LogP contribution in [-0.2, 0) is 32.7 Å². The van der Waals surface area contributed by atoms with Gasteiger partial charge in [0.2, 0.25) is 0 Å². The van der Waals surface area contributed by atoms with Crippen LogP contribution in [0.4, 0.5) is 0 Å². The number of ether oxygens (including phenoxy) is 2. The monoisotopic (exact) mass is 1390 g/mol. The minimum absolute atomic E-state index is 0.0351. The zero-order chi connectivity index (χ0) is 71.1. The maximum Gasteiger partial charge on any atom is 0.306 e. The van der Waals surface area contributed by atoms with E-state index in [-0.39, 0.29) is 32.0 Å². The lowest BCUT2D eigenvalue weighted by Crippen LogP contribution is -2.37. The average molecular weight is 1390 g/mol. The van der Waals surface area contributed by atoms with Crippen molar-refractivity contribution in [3.05, 3.63) is 97.2 Å². The van der Waals surface area contributed by atoms with E-state index in [0.29, 0.717) is 17.4 Å². The molecule has 0 aliphatic rings. The highest BCUT2D eigenvalue weighted by Gasteiger charge is 2.22. The fourth-order valence-corrected chi connectivity index (χ4v) is 13.0. The zero-order valence-corrected chi connectivity index (χ0v) is 66.1. The van der Waals surface area contributed by atoms with Crippen LogP contribution in [0.5, 0.6) is 0 Å². The third kappa shape index (κ3) is 81.9. The van der Waals surface area contributed by atoms with Crippen molar-refractivity contribution >= 4 is 19.8 Å². The van der Waals surface area contributed by atoms with E-state index in [1.165, 1.54) is 270 Å². The van der Waals surface area contributed by atoms with Gasteiger partial charge in [-0.05, 0) is 77.0 Å². The maximum atomic E-state index is 12.9. The fourth-order valence-electron chi connectivity index (χ4n) is 12.3. The number of unbranched alkanes of at least 4 members (excludes halogenated alkanes) is 48. The first kappa shape index (κ1) is 94.9. The molecule has 2 unspecified atom stereocenters. The maximum absolute atomic E-state index is 12.9. The van der Waals surface area contributed by atoms with Gasteiger partial charge in [-0.1, -0.05) is 406 Å². The highest BCUT2D eigenvalue weighted by Crippen LogP contribution is 2.38. The van der Waals surface area contributed by atoms with Crippen LogP contribution in [0.25, 0.3) is 0 Å². The van der Waals surface area contributed by atoms with Crippen molar-refractivity contribution in [2.24, 2.45) is 0 Å². The average Bonchev–Trinajstić information content (AvgIpc) is 1.08. The summed E-state index contributed by atoms with van der Waals surface area (Å²) in [6.45, 7) is 4.17. The topological polar surface area (TPSA) is 111 Å². The molecule has 98 heavy (non-hydrogen) atoms. The van der Waals surface area contributed by atoms with Gasteiger partial charge in [0, 0.05) is 12.8 Å². The number of phosphoric ester groups is 1. The van der Waals surface area contributed by atoms with Crippen molar-refractivity contribution in [3.8, 4) is 0 Å². The van der Waals surface area contributed by atoms with Crippen LogP contribution in [0.1, 0.15) is 399 Å². The Morgan fingerprint density at radius 3 is 0.867 bits per heavy atom. The zero-order valence-electron chi connectivity index (χ0n) is 65.2. The Morgan fingerprint density at radius 2 is 0.582 bits per heavy atom. The van der Waals surface area contributed by atoms with Crippen LogP contribution >= 0.6 is 7.82 Å². The lowest BCUT2D eigenvalue weighted by molar-refractivity contribution is -0.870. The van der Waals surface area contributed by atoms with Crippen LogP contribution in [0.2, 0.25) is 0 Å². The van der Waals surface area contributed by atoms with E-state index in [0.717, 1.165) is 96.3 Å². The molecule has 0 radical (unpaired) electrons. The summed E-state index contributed by atoms with van der Waals surface area (Å²) in [5, 5.41) is 0. The molecule has 0 saturated heterocycles. The Balaban J connectivity index is 3.93. The number of carbonyl (C=O) groups excluding carboxylic acids is 2. The van der Waals surface area contributed by atoms with Gasteiger partial charge in [-0.25, -0.2) is 0 Å². The van der Waals surface area contributed by atoms with Crippen LogP contribution in [0, 0.1) is 0 Å². The summed E-state index contributed by atoms with van der Waals surface area (Å²) in [5.41, 5.74) is 0. The van der Waals surface area contributed by atoms with Crippen molar-refractivity contribution in [2.75, 3.05) is 47.5 Å². The van der Waals surface area contributed by atoms with Gasteiger partial charge in [0.15, 0.2) is 6.10 Å². The number of phosphoric acid groups is 1. The van der Waals surface area contributed by atoms with Crippen molar-refractivity contribution in [1.29, 1.82) is 0 Å². The Labute approximate surface area is 608 Å². The highest BCUT2D eigenvalue weighted by molar-refractivity contribution is 7.45. The van der Waals surface area contributed by atoms with Crippen LogP contribution in [0.15, 0.2) is 97.2 Å². The molecule has 9 nitrogen and oxygen atoms in total. The number of esters is 2. The predicted octanol–water partition coefficient (Wildman–Crippen LogP) is 27.5. The summed E-state index contributed by atoms with van der Waals surface area (Å²) in [4.78, 5) is 38.2. The number of likely N-dealkylation sites (N-methyl/N-ethyl adjacent to an activating group) is 1. The van der Waals surface area contributed by atoms with E-state index in [2.05, 4.69) is 111 Å². The molecule has 2 atom stereocenters. The van der Waals surface area contributed by atoms with Gasteiger partial charge in [-0.2, -0.15) is 0 Å². The number of hydrogen-bond donors (Lipinski definition) is 0. The molecule has 0 rings (SSSR count). The van der Waals surface area contributed by atoms with E-state index in [9.17, 15) is 19.0 Å². The summed E-state index contributed by atoms with van der Waals surface area (Å²) in [6.07, 6.45) is 110. The number of nitrogens with zero attached hydrogens (tertiary/aromatic N) is 1. The molecule has 0 amide bonds. The number of quaternary nitrogens is 1. The smallest absolute Gasteiger partial charge is 0.306 e. The van der Waals surface area contributed by atoms with Gasteiger partial charge in [0.25, 0.3) is 7.82 Å². The van der Waals surface area contributed by atoms with Crippen molar-refractivity contribution in [2.45, 2.75) is 405 Å². The normalized spacial score (nSPS) is 13.5. The summed E-state index contributed by atoms with van der Waals surface area (Å²) in [5.74, 6) is -0.831. The van der Waals surface area contributed by atoms with E-state index in [1.54, 1.807) is 0 Å². The van der Waals surface area contributed by atoms with Crippen LogP contribution < -0.4 is 4.89 Å². The van der Waals surface area contributed by atoms with E-state index in [4.69, 9.17) is 18.5 Å². The second-order valence-corrected chi connectivity index (χ2v) is 30.9. The van der Waals surface area contributed by atoms with Gasteiger partial charge >= 0.3 is 11.9 Å². The Hall–Kier alpha value is -3.07. The SMILES string of the molecule is CC/C=C\C/C=C\C/C=C\C/C=C\C/C=C\C/C=C\C/C=C\C/C=C\CCCCCCCCCCC(=O)OC(COC(=O)CCCCCCCCCCCCCCCCCCCCCCCCCCCCCCCCCCCCCCCCCCC)COP(=O)([O-])OCC[N+](C)(C)C. The first-order chi connectivity index (χ1) is 48.0. The second kappa shape index (κ2) is 78.1. The lowest BCUT2D eigenvalue weighted by Gasteiger charge is -2.28. The molecule has 0 aliphatic carbocycles. The quantitative estimate of drug-likeness (QED) is 0.0195. The largest absolute Gasteiger partial charge is 0.756 e. The second-order valence-electron chi connectivity index (χ2n) is 29.5. The third-order valence-corrected chi connectivity index (χ3v) is 19.6. The molecule has 10 heteroatoms. The molecule has 0 N–H and O–H groups in total. The molecule has 0 spiro atoms. The van der Waals surface area contributed by atoms with Crippen molar-refractivity contribution < 1.29 is 42.1 Å². The summed E-state index contributed by atoms with van der Waals surface area (Å²) in [6, 6.07) is 0. The Kier molecular flexibility index (Phi) is 75.6. The first-order valence-electron chi connectivity index (χ1n) is 41.9. The number of hydrogen-bond acceptors (Lipinski definition) is 8. The van der Waals surface area contributed by atoms with Crippen LogP contribution in [0.3, 0.4) is 0 Å². The standard InChI is InChI=1S/C88H160NO8P/c1-6-8-10-12-14-16-18-20-22-24-26-28-30-32-34-36-38-40-41-42-43-44-45-46-47-49-50-52-54-56-58-60-62-64-66-68-70-72-74-76-78-80-87(90)94-84-86(85-96-98(92,93)95-83-82-89(3,4)5)97-88(91)81-79-77-75-73-71-69-67-65-63-61-59-57-55-53-51-48-39-37-35-33-31-29-27-25-23-21-19-17-15-13-11-9-7-2/h9,11,15,17,21,23,27,29,33,35,39,48,53,55,59,61,86H,6-8,10,12-14,16,18-20,22,24-26,28,30-32,34,36-38,40-47,49-52,54,56-58,60,62-85H2,1-5H3/b11-9-,17-15-,23-21-,29-27-,35-33-,48-39-,55-53-,61-59-. The lowest BCUT2D eigenvalue weighted by atomic mass is 10.0. The molecule has 0 aromatic carbocycles. The van der Waals surface area contributed by atoms with Gasteiger partial charge in [0.05, 0.1) is 27.7 Å². The Morgan fingerprint density at radius 1 is 0.327 bits per heavy atom. The molecule has 0 aromatic rings. The number of rotatable bonds is 78. The minimum atomic E-state index is -4.65. The fraction of sp³-hybridized carbons (Fsp3) is 0.795. The van der Waals surface area contributed by atoms with Gasteiger partial charge < -0.3 is 27.9 Å². The molecule has 0 saturated carbocycles. The van der Waals surface area contributed by atoms with E-state index < -0.39 is 26.5 Å². The van der Waals surface area contributed by atoms with Crippen molar-refractivity contribution in [1.82, 2.24) is 0 Å². The number of carbonyl (C=O) groups is 2. The van der Waals surface area contributed by atoms with E-state index in [1.807, 2.05) is 21.1 Å². The molecule has 0 bridgehead atoms. The van der Waals surface area contributed by atoms with Gasteiger partial charge in [-0.15, -0.1) is 0 Å².